The molecule has 94 valence electrons. The van der Waals surface area contributed by atoms with Crippen LogP contribution < -0.4 is 15.8 Å². The third kappa shape index (κ3) is 2.88. The number of hydrogen-bond donors (Lipinski definition) is 2. The summed E-state index contributed by atoms with van der Waals surface area (Å²) in [4.78, 5) is 8.14. The van der Waals surface area contributed by atoms with Gasteiger partial charge in [0.1, 0.15) is 17.4 Å². The maximum atomic E-state index is 5.49. The van der Waals surface area contributed by atoms with E-state index in [0.29, 0.717) is 11.6 Å². The van der Waals surface area contributed by atoms with Gasteiger partial charge in [0.2, 0.25) is 0 Å². The van der Waals surface area contributed by atoms with Gasteiger partial charge in [-0.2, -0.15) is 0 Å². The predicted octanol–water partition coefficient (Wildman–Crippen LogP) is 2.24. The van der Waals surface area contributed by atoms with E-state index in [1.54, 1.807) is 13.3 Å². The first-order chi connectivity index (χ1) is 8.69. The molecule has 0 radical (unpaired) electrons. The van der Waals surface area contributed by atoms with Gasteiger partial charge in [0, 0.05) is 6.04 Å². The molecule has 0 aliphatic carbocycles. The van der Waals surface area contributed by atoms with Gasteiger partial charge in [0.25, 0.3) is 0 Å². The number of nitrogens with two attached hydrogens (primary N) is 1. The van der Waals surface area contributed by atoms with Crippen LogP contribution in [-0.4, -0.2) is 17.1 Å². The molecule has 0 amide bonds. The Morgan fingerprint density at radius 3 is 2.44 bits per heavy atom. The number of ether oxygens (including phenoxy) is 1. The summed E-state index contributed by atoms with van der Waals surface area (Å²) >= 11 is 0. The molecule has 5 nitrogen and oxygen atoms in total. The van der Waals surface area contributed by atoms with Crippen LogP contribution in [-0.2, 0) is 0 Å². The Hall–Kier alpha value is -2.30. The largest absolute Gasteiger partial charge is 0.497 e. The number of nitrogens with zero attached hydrogens (tertiary/aromatic N) is 2. The highest BCUT2D eigenvalue weighted by atomic mass is 16.5. The van der Waals surface area contributed by atoms with Crippen LogP contribution in [0.4, 0.5) is 11.6 Å². The van der Waals surface area contributed by atoms with Crippen molar-refractivity contribution in [1.82, 2.24) is 9.97 Å². The fourth-order valence-electron chi connectivity index (χ4n) is 1.61. The molecule has 0 saturated carbocycles. The lowest BCUT2D eigenvalue weighted by atomic mass is 10.1. The zero-order chi connectivity index (χ0) is 13.0. The van der Waals surface area contributed by atoms with Crippen molar-refractivity contribution >= 4 is 11.6 Å². The number of nitrogen functional groups attached to an aromatic ring is 1. The van der Waals surface area contributed by atoms with Crippen molar-refractivity contribution in [3.05, 3.63) is 42.2 Å². The topological polar surface area (TPSA) is 73.1 Å². The van der Waals surface area contributed by atoms with E-state index in [2.05, 4.69) is 22.2 Å². The standard InChI is InChI=1S/C13H16N4O/c1-9(10-3-5-11(18-2)6-4-10)17-13-8-15-12(14)7-16-13/h3-9H,1-2H3,(H2,14,15)(H,16,17). The first-order valence-electron chi connectivity index (χ1n) is 5.67. The molecule has 0 spiro atoms. The van der Waals surface area contributed by atoms with Crippen LogP contribution >= 0.6 is 0 Å². The van der Waals surface area contributed by atoms with Crippen LogP contribution in [0.1, 0.15) is 18.5 Å². The number of methoxy groups -OCH3 is 1. The van der Waals surface area contributed by atoms with Crippen LogP contribution in [0.2, 0.25) is 0 Å². The van der Waals surface area contributed by atoms with Crippen molar-refractivity contribution < 1.29 is 4.74 Å². The quantitative estimate of drug-likeness (QED) is 0.862. The molecule has 1 aromatic heterocycles. The van der Waals surface area contributed by atoms with Gasteiger partial charge in [-0.05, 0) is 24.6 Å². The second kappa shape index (κ2) is 5.35. The first-order valence-corrected chi connectivity index (χ1v) is 5.67. The minimum absolute atomic E-state index is 0.133. The lowest BCUT2D eigenvalue weighted by molar-refractivity contribution is 0.414. The summed E-state index contributed by atoms with van der Waals surface area (Å²) in [5, 5.41) is 3.25. The number of anilines is 2. The first kappa shape index (κ1) is 12.2. The van der Waals surface area contributed by atoms with Crippen molar-refractivity contribution in [3.8, 4) is 5.75 Å². The van der Waals surface area contributed by atoms with Gasteiger partial charge in [0.05, 0.1) is 19.5 Å². The summed E-state index contributed by atoms with van der Waals surface area (Å²) in [6.07, 6.45) is 3.15. The minimum Gasteiger partial charge on any atom is -0.497 e. The van der Waals surface area contributed by atoms with Crippen LogP contribution in [0, 0.1) is 0 Å². The summed E-state index contributed by atoms with van der Waals surface area (Å²) in [5.74, 6) is 1.96. The van der Waals surface area contributed by atoms with Crippen molar-refractivity contribution in [2.45, 2.75) is 13.0 Å². The number of nitrogens with one attached hydrogen (secondary N) is 1. The van der Waals surface area contributed by atoms with E-state index in [4.69, 9.17) is 10.5 Å². The second-order valence-corrected chi connectivity index (χ2v) is 3.97. The van der Waals surface area contributed by atoms with Crippen molar-refractivity contribution in [1.29, 1.82) is 0 Å². The molecule has 18 heavy (non-hydrogen) atoms. The summed E-state index contributed by atoms with van der Waals surface area (Å²) < 4.78 is 5.12. The third-order valence-corrected chi connectivity index (χ3v) is 2.65. The maximum Gasteiger partial charge on any atom is 0.145 e. The molecule has 1 unspecified atom stereocenters. The molecule has 0 saturated heterocycles. The summed E-state index contributed by atoms with van der Waals surface area (Å²) in [5.41, 5.74) is 6.63. The minimum atomic E-state index is 0.133. The number of benzene rings is 1. The molecule has 0 aliphatic heterocycles. The van der Waals surface area contributed by atoms with Crippen LogP contribution in [0.25, 0.3) is 0 Å². The van der Waals surface area contributed by atoms with Gasteiger partial charge in [-0.15, -0.1) is 0 Å². The Labute approximate surface area is 106 Å². The highest BCUT2D eigenvalue weighted by molar-refractivity contribution is 5.39. The predicted molar refractivity (Wildman–Crippen MR) is 71.5 cm³/mol. The molecule has 2 aromatic rings. The molecule has 0 aliphatic rings. The Kier molecular flexibility index (Phi) is 3.62. The summed E-state index contributed by atoms with van der Waals surface area (Å²) in [6, 6.07) is 8.03. The van der Waals surface area contributed by atoms with Gasteiger partial charge >= 0.3 is 0 Å². The number of rotatable bonds is 4. The highest BCUT2D eigenvalue weighted by Crippen LogP contribution is 2.20. The normalized spacial score (nSPS) is 11.9. The average Bonchev–Trinajstić information content (AvgIpc) is 2.41. The zero-order valence-electron chi connectivity index (χ0n) is 10.4. The highest BCUT2D eigenvalue weighted by Gasteiger charge is 2.06. The van der Waals surface area contributed by atoms with Gasteiger partial charge < -0.3 is 15.8 Å². The molecular formula is C13H16N4O. The molecule has 2 rings (SSSR count). The number of aromatic nitrogens is 2. The molecule has 3 N–H and O–H groups in total. The van der Waals surface area contributed by atoms with E-state index >= 15 is 0 Å². The molecule has 1 atom stereocenters. The maximum absolute atomic E-state index is 5.49. The molecule has 0 bridgehead atoms. The van der Waals surface area contributed by atoms with Crippen LogP contribution in [0.5, 0.6) is 5.75 Å². The van der Waals surface area contributed by atoms with E-state index in [9.17, 15) is 0 Å². The molecule has 1 aromatic carbocycles. The Bertz CT molecular complexity index is 495. The molecule has 5 heteroatoms. The van der Waals surface area contributed by atoms with E-state index in [1.165, 1.54) is 6.20 Å². The van der Waals surface area contributed by atoms with Gasteiger partial charge in [-0.25, -0.2) is 9.97 Å². The summed E-state index contributed by atoms with van der Waals surface area (Å²) in [7, 11) is 1.65. The van der Waals surface area contributed by atoms with E-state index in [-0.39, 0.29) is 6.04 Å². The zero-order valence-corrected chi connectivity index (χ0v) is 10.4. The lowest BCUT2D eigenvalue weighted by Gasteiger charge is -2.15. The Morgan fingerprint density at radius 1 is 1.17 bits per heavy atom. The van der Waals surface area contributed by atoms with Crippen molar-refractivity contribution in [3.63, 3.8) is 0 Å². The second-order valence-electron chi connectivity index (χ2n) is 3.97. The summed E-state index contributed by atoms with van der Waals surface area (Å²) in [6.45, 7) is 2.06. The Morgan fingerprint density at radius 2 is 1.89 bits per heavy atom. The SMILES string of the molecule is COc1ccc(C(C)Nc2cnc(N)cn2)cc1. The smallest absolute Gasteiger partial charge is 0.145 e. The third-order valence-electron chi connectivity index (χ3n) is 2.65. The van der Waals surface area contributed by atoms with E-state index in [0.717, 1.165) is 11.3 Å². The van der Waals surface area contributed by atoms with E-state index < -0.39 is 0 Å². The van der Waals surface area contributed by atoms with E-state index in [1.807, 2.05) is 24.3 Å². The van der Waals surface area contributed by atoms with Gasteiger partial charge in [-0.3, -0.25) is 0 Å². The van der Waals surface area contributed by atoms with Crippen LogP contribution in [0.3, 0.4) is 0 Å². The van der Waals surface area contributed by atoms with Crippen LogP contribution in [0.15, 0.2) is 36.7 Å². The fraction of sp³-hybridized carbons (Fsp3) is 0.231. The molecule has 1 heterocycles. The monoisotopic (exact) mass is 244 g/mol. The van der Waals surface area contributed by atoms with Crippen molar-refractivity contribution in [2.24, 2.45) is 0 Å². The van der Waals surface area contributed by atoms with Gasteiger partial charge in [0.15, 0.2) is 0 Å². The van der Waals surface area contributed by atoms with Crippen molar-refractivity contribution in [2.75, 3.05) is 18.2 Å². The fourth-order valence-corrected chi connectivity index (χ4v) is 1.61. The average molecular weight is 244 g/mol. The lowest BCUT2D eigenvalue weighted by Crippen LogP contribution is -2.08. The molecular weight excluding hydrogens is 228 g/mol. The van der Waals surface area contributed by atoms with Gasteiger partial charge in [-0.1, -0.05) is 12.1 Å². The molecule has 0 fully saturated rings. The Balaban J connectivity index is 2.06. The number of hydrogen-bond acceptors (Lipinski definition) is 5.